The zero-order valence-electron chi connectivity index (χ0n) is 15.5. The SMILES string of the molecule is O=C1CN(CCCc2ccccc2)[C@H]2CS(=O)(=O)C[C@@H]2N1c1cccc(Cl)c1. The molecule has 0 radical (unpaired) electrons. The van der Waals surface area contributed by atoms with Gasteiger partial charge in [0.2, 0.25) is 5.91 Å². The molecule has 2 atom stereocenters. The second-order valence-corrected chi connectivity index (χ2v) is 10.1. The third-order valence-electron chi connectivity index (χ3n) is 5.54. The zero-order valence-corrected chi connectivity index (χ0v) is 17.1. The summed E-state index contributed by atoms with van der Waals surface area (Å²) in [6, 6.07) is 16.8. The van der Waals surface area contributed by atoms with Crippen LogP contribution in [0, 0.1) is 0 Å². The summed E-state index contributed by atoms with van der Waals surface area (Å²) >= 11 is 6.10. The fraction of sp³-hybridized carbons (Fsp3) is 0.381. The number of carbonyl (C=O) groups excluding carboxylic acids is 1. The lowest BCUT2D eigenvalue weighted by Crippen LogP contribution is -2.62. The lowest BCUT2D eigenvalue weighted by atomic mass is 10.0. The number of anilines is 1. The van der Waals surface area contributed by atoms with Gasteiger partial charge in [-0.2, -0.15) is 0 Å². The van der Waals surface area contributed by atoms with E-state index in [0.717, 1.165) is 12.8 Å². The van der Waals surface area contributed by atoms with Crippen LogP contribution in [0.5, 0.6) is 0 Å². The van der Waals surface area contributed by atoms with Crippen molar-refractivity contribution in [3.63, 3.8) is 0 Å². The van der Waals surface area contributed by atoms with E-state index in [1.165, 1.54) is 5.56 Å². The molecule has 148 valence electrons. The Morgan fingerprint density at radius 2 is 1.75 bits per heavy atom. The summed E-state index contributed by atoms with van der Waals surface area (Å²) in [5, 5.41) is 0.535. The molecule has 2 aromatic carbocycles. The van der Waals surface area contributed by atoms with Gasteiger partial charge in [-0.1, -0.05) is 48.0 Å². The minimum atomic E-state index is -3.18. The molecule has 2 aliphatic heterocycles. The van der Waals surface area contributed by atoms with E-state index in [0.29, 0.717) is 17.3 Å². The smallest absolute Gasteiger partial charge is 0.241 e. The molecule has 1 amide bonds. The lowest BCUT2D eigenvalue weighted by molar-refractivity contribution is -0.123. The molecule has 0 aliphatic carbocycles. The highest BCUT2D eigenvalue weighted by Gasteiger charge is 2.49. The van der Waals surface area contributed by atoms with Crippen molar-refractivity contribution in [2.45, 2.75) is 24.9 Å². The van der Waals surface area contributed by atoms with Gasteiger partial charge in [0.15, 0.2) is 9.84 Å². The highest BCUT2D eigenvalue weighted by molar-refractivity contribution is 7.91. The third-order valence-corrected chi connectivity index (χ3v) is 7.48. The van der Waals surface area contributed by atoms with Crippen LogP contribution < -0.4 is 4.90 Å². The van der Waals surface area contributed by atoms with E-state index in [4.69, 9.17) is 11.6 Å². The van der Waals surface area contributed by atoms with E-state index in [9.17, 15) is 13.2 Å². The lowest BCUT2D eigenvalue weighted by Gasteiger charge is -2.43. The predicted molar refractivity (Wildman–Crippen MR) is 112 cm³/mol. The maximum atomic E-state index is 12.9. The van der Waals surface area contributed by atoms with Crippen molar-refractivity contribution >= 4 is 33.0 Å². The van der Waals surface area contributed by atoms with E-state index >= 15 is 0 Å². The van der Waals surface area contributed by atoms with Gasteiger partial charge in [0.05, 0.1) is 24.1 Å². The van der Waals surface area contributed by atoms with Crippen LogP contribution in [-0.2, 0) is 21.1 Å². The Kier molecular flexibility index (Phi) is 5.45. The van der Waals surface area contributed by atoms with Gasteiger partial charge in [0.1, 0.15) is 0 Å². The standard InChI is InChI=1S/C21H23ClN2O3S/c22-17-9-4-10-18(12-17)24-20-15-28(26,27)14-19(20)23(13-21(24)25)11-5-8-16-6-2-1-3-7-16/h1-4,6-7,9-10,12,19-20H,5,8,11,13-15H2/t19-,20-/m0/s1. The largest absolute Gasteiger partial charge is 0.306 e. The topological polar surface area (TPSA) is 57.7 Å². The summed E-state index contributed by atoms with van der Waals surface area (Å²) in [6.07, 6.45) is 1.80. The number of aryl methyl sites for hydroxylation is 1. The van der Waals surface area contributed by atoms with E-state index in [1.807, 2.05) is 24.3 Å². The van der Waals surface area contributed by atoms with Gasteiger partial charge in [0, 0.05) is 16.8 Å². The van der Waals surface area contributed by atoms with Crippen LogP contribution in [0.1, 0.15) is 12.0 Å². The number of sulfone groups is 1. The molecule has 0 spiro atoms. The second kappa shape index (κ2) is 7.85. The first kappa shape index (κ1) is 19.4. The fourth-order valence-electron chi connectivity index (χ4n) is 4.30. The summed E-state index contributed by atoms with van der Waals surface area (Å²) in [5.74, 6) is 0.0404. The van der Waals surface area contributed by atoms with E-state index < -0.39 is 9.84 Å². The Bertz CT molecular complexity index is 965. The number of hydrogen-bond acceptors (Lipinski definition) is 4. The highest BCUT2D eigenvalue weighted by Crippen LogP contribution is 2.32. The Morgan fingerprint density at radius 3 is 2.50 bits per heavy atom. The van der Waals surface area contributed by atoms with Crippen molar-refractivity contribution in [2.75, 3.05) is 29.5 Å². The normalized spacial score (nSPS) is 24.3. The minimum absolute atomic E-state index is 0.00506. The number of rotatable bonds is 5. The molecule has 5 nitrogen and oxygen atoms in total. The number of fused-ring (bicyclic) bond motifs is 1. The van der Waals surface area contributed by atoms with E-state index in [-0.39, 0.29) is 36.0 Å². The van der Waals surface area contributed by atoms with Gasteiger partial charge >= 0.3 is 0 Å². The Balaban J connectivity index is 1.53. The van der Waals surface area contributed by atoms with Crippen LogP contribution >= 0.6 is 11.6 Å². The fourth-order valence-corrected chi connectivity index (χ4v) is 6.46. The van der Waals surface area contributed by atoms with Crippen LogP contribution in [0.15, 0.2) is 54.6 Å². The van der Waals surface area contributed by atoms with Crippen LogP contribution in [0.25, 0.3) is 0 Å². The average Bonchev–Trinajstić information content (AvgIpc) is 2.97. The summed E-state index contributed by atoms with van der Waals surface area (Å²) in [6.45, 7) is 0.943. The van der Waals surface area contributed by atoms with Crippen molar-refractivity contribution in [2.24, 2.45) is 0 Å². The molecule has 2 aromatic rings. The first-order valence-electron chi connectivity index (χ1n) is 9.49. The number of piperazine rings is 1. The Labute approximate surface area is 170 Å². The molecular weight excluding hydrogens is 396 g/mol. The van der Waals surface area contributed by atoms with Gasteiger partial charge in [0.25, 0.3) is 0 Å². The van der Waals surface area contributed by atoms with Gasteiger partial charge in [-0.3, -0.25) is 9.69 Å². The van der Waals surface area contributed by atoms with Gasteiger partial charge in [-0.25, -0.2) is 8.42 Å². The monoisotopic (exact) mass is 418 g/mol. The van der Waals surface area contributed by atoms with Crippen LogP contribution in [0.3, 0.4) is 0 Å². The molecule has 7 heteroatoms. The molecule has 2 heterocycles. The van der Waals surface area contributed by atoms with Crippen LogP contribution in [0.4, 0.5) is 5.69 Å². The Morgan fingerprint density at radius 1 is 1.00 bits per heavy atom. The van der Waals surface area contributed by atoms with E-state index in [2.05, 4.69) is 17.0 Å². The molecule has 0 aromatic heterocycles. The average molecular weight is 419 g/mol. The zero-order chi connectivity index (χ0) is 19.7. The molecule has 2 aliphatic rings. The van der Waals surface area contributed by atoms with Crippen molar-refractivity contribution in [1.29, 1.82) is 0 Å². The first-order valence-corrected chi connectivity index (χ1v) is 11.7. The van der Waals surface area contributed by atoms with Gasteiger partial charge in [-0.15, -0.1) is 0 Å². The third kappa shape index (κ3) is 4.09. The molecule has 0 bridgehead atoms. The molecular formula is C21H23ClN2O3S. The molecule has 0 saturated carbocycles. The molecule has 0 N–H and O–H groups in total. The summed E-state index contributed by atoms with van der Waals surface area (Å²) < 4.78 is 24.8. The van der Waals surface area contributed by atoms with Gasteiger partial charge < -0.3 is 4.90 Å². The molecule has 2 saturated heterocycles. The first-order chi connectivity index (χ1) is 13.4. The quantitative estimate of drug-likeness (QED) is 0.749. The van der Waals surface area contributed by atoms with Crippen LogP contribution in [-0.4, -0.2) is 55.9 Å². The van der Waals surface area contributed by atoms with Crippen molar-refractivity contribution < 1.29 is 13.2 Å². The number of amides is 1. The maximum absolute atomic E-state index is 12.9. The Hall–Kier alpha value is -1.89. The van der Waals surface area contributed by atoms with Gasteiger partial charge in [-0.05, 0) is 43.1 Å². The number of halogens is 1. The van der Waals surface area contributed by atoms with Crippen molar-refractivity contribution in [3.05, 3.63) is 65.2 Å². The summed E-state index contributed by atoms with van der Waals surface area (Å²) in [5.41, 5.74) is 1.93. The summed E-state index contributed by atoms with van der Waals surface area (Å²) in [4.78, 5) is 16.7. The number of carbonyl (C=O) groups is 1. The maximum Gasteiger partial charge on any atom is 0.241 e. The molecule has 0 unspecified atom stereocenters. The second-order valence-electron chi connectivity index (χ2n) is 7.51. The highest BCUT2D eigenvalue weighted by atomic mass is 35.5. The predicted octanol–water partition coefficient (Wildman–Crippen LogP) is 2.79. The van der Waals surface area contributed by atoms with E-state index in [1.54, 1.807) is 23.1 Å². The molecule has 28 heavy (non-hydrogen) atoms. The number of nitrogens with zero attached hydrogens (tertiary/aromatic N) is 2. The number of hydrogen-bond donors (Lipinski definition) is 0. The molecule has 4 rings (SSSR count). The minimum Gasteiger partial charge on any atom is -0.306 e. The summed E-state index contributed by atoms with van der Waals surface area (Å²) in [7, 11) is -3.18. The van der Waals surface area contributed by atoms with Crippen molar-refractivity contribution in [1.82, 2.24) is 4.90 Å². The number of benzene rings is 2. The van der Waals surface area contributed by atoms with Crippen LogP contribution in [0.2, 0.25) is 5.02 Å². The van der Waals surface area contributed by atoms with Crippen molar-refractivity contribution in [3.8, 4) is 0 Å². The molecule has 2 fully saturated rings.